The van der Waals surface area contributed by atoms with Gasteiger partial charge in [-0.15, -0.1) is 0 Å². The van der Waals surface area contributed by atoms with Crippen LogP contribution in [0.15, 0.2) is 12.1 Å². The minimum atomic E-state index is -1.40. The van der Waals surface area contributed by atoms with Gasteiger partial charge in [0.15, 0.2) is 0 Å². The van der Waals surface area contributed by atoms with Crippen LogP contribution in [-0.4, -0.2) is 17.9 Å². The lowest BCUT2D eigenvalue weighted by Gasteiger charge is -2.20. The second kappa shape index (κ2) is 6.74. The third kappa shape index (κ3) is 3.95. The molecule has 0 radical (unpaired) electrons. The van der Waals surface area contributed by atoms with Gasteiger partial charge < -0.3 is 11.1 Å². The molecule has 2 atom stereocenters. The number of rotatable bonds is 5. The van der Waals surface area contributed by atoms with Gasteiger partial charge in [-0.05, 0) is 5.92 Å². The molecule has 0 aliphatic carbocycles. The van der Waals surface area contributed by atoms with Gasteiger partial charge in [-0.3, -0.25) is 9.59 Å². The Balaban J connectivity index is 3.04. The minimum absolute atomic E-state index is 0.0950. The molecule has 21 heavy (non-hydrogen) atoms. The predicted octanol–water partition coefficient (Wildman–Crippen LogP) is 1.24. The molecule has 3 N–H and O–H groups in total. The summed E-state index contributed by atoms with van der Waals surface area (Å²) in [6, 6.07) is 1.20. The fourth-order valence-electron chi connectivity index (χ4n) is 1.73. The van der Waals surface area contributed by atoms with Crippen molar-refractivity contribution in [3.63, 3.8) is 0 Å². The number of halogens is 3. The van der Waals surface area contributed by atoms with E-state index in [0.717, 1.165) is 0 Å². The third-order valence-corrected chi connectivity index (χ3v) is 2.81. The van der Waals surface area contributed by atoms with Gasteiger partial charge in [-0.1, -0.05) is 6.92 Å². The molecular weight excluding hydrogens is 287 g/mol. The molecule has 0 bridgehead atoms. The Morgan fingerprint density at radius 2 is 1.86 bits per heavy atom. The van der Waals surface area contributed by atoms with Crippen LogP contribution in [0, 0.1) is 34.7 Å². The molecule has 0 saturated heterocycles. The molecule has 1 aromatic carbocycles. The molecule has 2 amide bonds. The number of benzene rings is 1. The summed E-state index contributed by atoms with van der Waals surface area (Å²) in [7, 11) is 0. The zero-order valence-corrected chi connectivity index (χ0v) is 11.0. The van der Waals surface area contributed by atoms with Crippen molar-refractivity contribution >= 4 is 11.8 Å². The number of carbonyl (C=O) groups is 2. The maximum absolute atomic E-state index is 13.5. The van der Waals surface area contributed by atoms with E-state index >= 15 is 0 Å². The van der Waals surface area contributed by atoms with Gasteiger partial charge in [0.2, 0.25) is 5.91 Å². The van der Waals surface area contributed by atoms with Gasteiger partial charge in [-0.2, -0.15) is 5.26 Å². The van der Waals surface area contributed by atoms with Crippen LogP contribution in [0.3, 0.4) is 0 Å². The predicted molar refractivity (Wildman–Crippen MR) is 66.2 cm³/mol. The third-order valence-electron chi connectivity index (χ3n) is 2.81. The number of nitrogens with one attached hydrogen (secondary N) is 1. The number of carbonyl (C=O) groups excluding carboxylic acids is 2. The Labute approximate surface area is 118 Å². The van der Waals surface area contributed by atoms with Crippen LogP contribution in [-0.2, 0) is 4.79 Å². The van der Waals surface area contributed by atoms with E-state index in [4.69, 9.17) is 11.0 Å². The number of primary amides is 1. The topological polar surface area (TPSA) is 96.0 Å². The molecule has 1 aromatic rings. The average Bonchev–Trinajstić information content (AvgIpc) is 2.34. The van der Waals surface area contributed by atoms with Gasteiger partial charge in [-0.25, -0.2) is 13.2 Å². The van der Waals surface area contributed by atoms with Crippen molar-refractivity contribution in [3.8, 4) is 6.07 Å². The highest BCUT2D eigenvalue weighted by Gasteiger charge is 2.28. The van der Waals surface area contributed by atoms with E-state index in [1.54, 1.807) is 6.07 Å². The zero-order valence-electron chi connectivity index (χ0n) is 11.0. The van der Waals surface area contributed by atoms with Crippen molar-refractivity contribution in [1.29, 1.82) is 5.26 Å². The summed E-state index contributed by atoms with van der Waals surface area (Å²) in [6.07, 6.45) is -0.0950. The molecule has 0 aliphatic rings. The van der Waals surface area contributed by atoms with E-state index in [9.17, 15) is 22.8 Å². The molecule has 0 unspecified atom stereocenters. The normalized spacial score (nSPS) is 13.1. The van der Waals surface area contributed by atoms with E-state index in [0.29, 0.717) is 12.1 Å². The van der Waals surface area contributed by atoms with E-state index < -0.39 is 46.8 Å². The number of nitrogens with two attached hydrogens (primary N) is 1. The van der Waals surface area contributed by atoms with Crippen LogP contribution < -0.4 is 11.1 Å². The molecule has 0 heterocycles. The highest BCUT2D eigenvalue weighted by molar-refractivity contribution is 5.97. The molecule has 8 heteroatoms. The van der Waals surface area contributed by atoms with Gasteiger partial charge in [0.25, 0.3) is 5.91 Å². The maximum Gasteiger partial charge on any atom is 0.257 e. The standard InChI is InChI=1S/C13H12F3N3O2/c1-6(2-3-17)11(12(18)20)19-13(21)10-8(15)4-7(14)5-9(10)16/h4-6,11H,2H2,1H3,(H2,18,20)(H,19,21)/t6-,11+/m1/s1. The van der Waals surface area contributed by atoms with Crippen LogP contribution in [0.1, 0.15) is 23.7 Å². The molecule has 1 rings (SSSR count). The first-order chi connectivity index (χ1) is 9.77. The van der Waals surface area contributed by atoms with Gasteiger partial charge >= 0.3 is 0 Å². The smallest absolute Gasteiger partial charge is 0.257 e. The summed E-state index contributed by atoms with van der Waals surface area (Å²) < 4.78 is 39.7. The van der Waals surface area contributed by atoms with Crippen LogP contribution >= 0.6 is 0 Å². The zero-order chi connectivity index (χ0) is 16.2. The molecule has 0 fully saturated rings. The Bertz CT molecular complexity index is 590. The molecule has 112 valence electrons. The van der Waals surface area contributed by atoms with Crippen LogP contribution in [0.5, 0.6) is 0 Å². The summed E-state index contributed by atoms with van der Waals surface area (Å²) >= 11 is 0. The number of amides is 2. The highest BCUT2D eigenvalue weighted by Crippen LogP contribution is 2.16. The Morgan fingerprint density at radius 3 is 2.29 bits per heavy atom. The first kappa shape index (κ1) is 16.5. The lowest BCUT2D eigenvalue weighted by Crippen LogP contribution is -2.48. The molecule has 0 spiro atoms. The largest absolute Gasteiger partial charge is 0.368 e. The molecule has 5 nitrogen and oxygen atoms in total. The minimum Gasteiger partial charge on any atom is -0.368 e. The van der Waals surface area contributed by atoms with Crippen LogP contribution in [0.25, 0.3) is 0 Å². The van der Waals surface area contributed by atoms with Crippen molar-refractivity contribution in [2.24, 2.45) is 11.7 Å². The first-order valence-corrected chi connectivity index (χ1v) is 5.89. The van der Waals surface area contributed by atoms with E-state index in [2.05, 4.69) is 5.32 Å². The lowest BCUT2D eigenvalue weighted by atomic mass is 9.98. The number of nitriles is 1. The van der Waals surface area contributed by atoms with Crippen molar-refractivity contribution in [1.82, 2.24) is 5.32 Å². The Morgan fingerprint density at radius 1 is 1.33 bits per heavy atom. The maximum atomic E-state index is 13.5. The fourth-order valence-corrected chi connectivity index (χ4v) is 1.73. The van der Waals surface area contributed by atoms with Crippen molar-refractivity contribution in [2.75, 3.05) is 0 Å². The lowest BCUT2D eigenvalue weighted by molar-refractivity contribution is -0.120. The monoisotopic (exact) mass is 299 g/mol. The van der Waals surface area contributed by atoms with Crippen molar-refractivity contribution in [3.05, 3.63) is 35.1 Å². The molecule has 0 saturated carbocycles. The van der Waals surface area contributed by atoms with Crippen LogP contribution in [0.4, 0.5) is 13.2 Å². The Kier molecular flexibility index (Phi) is 5.30. The number of hydrogen-bond donors (Lipinski definition) is 2. The quantitative estimate of drug-likeness (QED) is 0.856. The van der Waals surface area contributed by atoms with Gasteiger partial charge in [0, 0.05) is 18.6 Å². The Hall–Kier alpha value is -2.56. The van der Waals surface area contributed by atoms with E-state index in [1.807, 2.05) is 0 Å². The van der Waals surface area contributed by atoms with Gasteiger partial charge in [0.1, 0.15) is 29.1 Å². The molecule has 0 aromatic heterocycles. The molecular formula is C13H12F3N3O2. The summed E-state index contributed by atoms with van der Waals surface area (Å²) in [5.74, 6) is -6.83. The van der Waals surface area contributed by atoms with Crippen molar-refractivity contribution in [2.45, 2.75) is 19.4 Å². The summed E-state index contributed by atoms with van der Waals surface area (Å²) in [5, 5.41) is 10.6. The van der Waals surface area contributed by atoms with E-state index in [1.165, 1.54) is 6.92 Å². The summed E-state index contributed by atoms with van der Waals surface area (Å²) in [5.41, 5.74) is 4.06. The fraction of sp³-hybridized carbons (Fsp3) is 0.308. The van der Waals surface area contributed by atoms with Crippen LogP contribution in [0.2, 0.25) is 0 Å². The second-order valence-corrected chi connectivity index (χ2v) is 4.44. The molecule has 0 aliphatic heterocycles. The first-order valence-electron chi connectivity index (χ1n) is 5.89. The number of nitrogens with zero attached hydrogens (tertiary/aromatic N) is 1. The van der Waals surface area contributed by atoms with E-state index in [-0.39, 0.29) is 6.42 Å². The average molecular weight is 299 g/mol. The highest BCUT2D eigenvalue weighted by atomic mass is 19.1. The van der Waals surface area contributed by atoms with Crippen molar-refractivity contribution < 1.29 is 22.8 Å². The van der Waals surface area contributed by atoms with Gasteiger partial charge in [0.05, 0.1) is 6.07 Å². The second-order valence-electron chi connectivity index (χ2n) is 4.44. The summed E-state index contributed by atoms with van der Waals surface area (Å²) in [6.45, 7) is 1.47. The number of hydrogen-bond acceptors (Lipinski definition) is 3. The SMILES string of the molecule is C[C@H](CC#N)[C@H](NC(=O)c1c(F)cc(F)cc1F)C(N)=O. The summed E-state index contributed by atoms with van der Waals surface area (Å²) in [4.78, 5) is 23.1.